The zero-order valence-electron chi connectivity index (χ0n) is 22.2. The van der Waals surface area contributed by atoms with Crippen LogP contribution in [0.1, 0.15) is 58.7 Å². The average molecular weight is 527 g/mol. The number of hydrogen-bond donors (Lipinski definition) is 2. The van der Waals surface area contributed by atoms with Crippen molar-refractivity contribution in [2.75, 3.05) is 6.54 Å². The molecule has 0 fully saturated rings. The first-order valence-corrected chi connectivity index (χ1v) is 13.8. The minimum absolute atomic E-state index is 0.127. The van der Waals surface area contributed by atoms with Crippen LogP contribution in [0.3, 0.4) is 0 Å². The number of rotatable bonds is 10. The number of furan rings is 1. The largest absolute Gasteiger partial charge is 0.467 e. The second kappa shape index (κ2) is 11.4. The summed E-state index contributed by atoms with van der Waals surface area (Å²) in [5.74, 6) is 0.529. The Balaban J connectivity index is 1.29. The molecule has 0 aliphatic rings. The number of carbonyl (C=O) groups excluding carboxylic acids is 1. The van der Waals surface area contributed by atoms with Crippen LogP contribution in [0.15, 0.2) is 82.9 Å². The molecule has 6 nitrogen and oxygen atoms in total. The van der Waals surface area contributed by atoms with Crippen molar-refractivity contribution in [3.8, 4) is 0 Å². The van der Waals surface area contributed by atoms with E-state index in [2.05, 4.69) is 95.7 Å². The van der Waals surface area contributed by atoms with Gasteiger partial charge in [-0.15, -0.1) is 11.3 Å². The first kappa shape index (κ1) is 25.9. The number of amides is 1. The number of hydrogen-bond acceptors (Lipinski definition) is 5. The van der Waals surface area contributed by atoms with E-state index in [9.17, 15) is 4.79 Å². The molecule has 0 atom stereocenters. The van der Waals surface area contributed by atoms with E-state index < -0.39 is 0 Å². The number of nitrogens with one attached hydrogen (secondary N) is 2. The topological polar surface area (TPSA) is 74.2 Å². The van der Waals surface area contributed by atoms with Gasteiger partial charge < -0.3 is 14.7 Å². The highest BCUT2D eigenvalue weighted by Crippen LogP contribution is 2.24. The summed E-state index contributed by atoms with van der Waals surface area (Å²) in [6, 6.07) is 21.0. The number of nitrogens with zero attached hydrogens (tertiary/aromatic N) is 2. The zero-order valence-corrected chi connectivity index (χ0v) is 23.0. The van der Waals surface area contributed by atoms with Gasteiger partial charge in [0.25, 0.3) is 5.91 Å². The van der Waals surface area contributed by atoms with E-state index in [-0.39, 0.29) is 11.3 Å². The molecule has 3 aromatic heterocycles. The normalized spacial score (nSPS) is 11.9. The molecule has 0 aliphatic carbocycles. The lowest BCUT2D eigenvalue weighted by molar-refractivity contribution is 0.0943. The predicted molar refractivity (Wildman–Crippen MR) is 153 cm³/mol. The van der Waals surface area contributed by atoms with Crippen LogP contribution >= 0.6 is 11.3 Å². The van der Waals surface area contributed by atoms with Crippen LogP contribution in [-0.4, -0.2) is 27.3 Å². The third kappa shape index (κ3) is 6.41. The van der Waals surface area contributed by atoms with Crippen molar-refractivity contribution in [1.82, 2.24) is 20.2 Å². The molecule has 0 saturated heterocycles. The summed E-state index contributed by atoms with van der Waals surface area (Å²) in [4.78, 5) is 23.1. The van der Waals surface area contributed by atoms with E-state index in [0.29, 0.717) is 18.8 Å². The maximum atomic E-state index is 12.6. The number of aromatic nitrogens is 2. The quantitative estimate of drug-likeness (QED) is 0.213. The lowest BCUT2D eigenvalue weighted by atomic mass is 9.87. The van der Waals surface area contributed by atoms with Crippen molar-refractivity contribution >= 4 is 28.1 Å². The fourth-order valence-electron chi connectivity index (χ4n) is 4.55. The molecular weight excluding hydrogens is 492 g/mol. The van der Waals surface area contributed by atoms with Crippen LogP contribution < -0.4 is 5.32 Å². The van der Waals surface area contributed by atoms with E-state index in [1.54, 1.807) is 6.26 Å². The Morgan fingerprint density at radius 3 is 2.63 bits per heavy atom. The molecule has 3 heterocycles. The highest BCUT2D eigenvalue weighted by molar-refractivity contribution is 7.09. The predicted octanol–water partition coefficient (Wildman–Crippen LogP) is 6.69. The maximum absolute atomic E-state index is 12.6. The molecule has 0 bridgehead atoms. The summed E-state index contributed by atoms with van der Waals surface area (Å²) in [6.07, 6.45) is 4.64. The standard InChI is InChI=1S/C31H34N4O2S/c1-31(2,3)24-12-10-22(11-13-24)19-35(15-14-23-17-32-27-9-5-4-8-26(23)27)20-29-34-28(21-38-29)30(36)33-18-25-7-6-16-37-25/h4-13,16-17,21,32H,14-15,18-20H2,1-3H3,(H,33,36). The molecule has 2 aromatic carbocycles. The van der Waals surface area contributed by atoms with Crippen molar-refractivity contribution in [1.29, 1.82) is 0 Å². The minimum atomic E-state index is -0.188. The van der Waals surface area contributed by atoms with E-state index in [1.807, 2.05) is 17.5 Å². The SMILES string of the molecule is CC(C)(C)c1ccc(CN(CCc2c[nH]c3ccccc23)Cc2nc(C(=O)NCc3ccco3)cs2)cc1. The summed E-state index contributed by atoms with van der Waals surface area (Å²) < 4.78 is 5.30. The van der Waals surface area contributed by atoms with Crippen molar-refractivity contribution in [2.45, 2.75) is 52.2 Å². The van der Waals surface area contributed by atoms with Crippen molar-refractivity contribution in [3.63, 3.8) is 0 Å². The number of carbonyl (C=O) groups is 1. The third-order valence-electron chi connectivity index (χ3n) is 6.74. The van der Waals surface area contributed by atoms with Gasteiger partial charge in [0.1, 0.15) is 16.5 Å². The van der Waals surface area contributed by atoms with Gasteiger partial charge in [0.2, 0.25) is 0 Å². The molecule has 5 rings (SSSR count). The summed E-state index contributed by atoms with van der Waals surface area (Å²) in [6.45, 7) is 9.43. The molecular formula is C31H34N4O2S. The average Bonchev–Trinajstić information content (AvgIpc) is 3.67. The zero-order chi connectivity index (χ0) is 26.5. The van der Waals surface area contributed by atoms with Gasteiger partial charge in [0.15, 0.2) is 0 Å². The second-order valence-corrected chi connectivity index (χ2v) is 11.6. The monoisotopic (exact) mass is 526 g/mol. The number of thiazole rings is 1. The second-order valence-electron chi connectivity index (χ2n) is 10.7. The number of fused-ring (bicyclic) bond motifs is 1. The van der Waals surface area contributed by atoms with Crippen molar-refractivity contribution in [2.24, 2.45) is 0 Å². The van der Waals surface area contributed by atoms with Gasteiger partial charge in [-0.2, -0.15) is 0 Å². The van der Waals surface area contributed by atoms with Gasteiger partial charge >= 0.3 is 0 Å². The fourth-order valence-corrected chi connectivity index (χ4v) is 5.37. The first-order chi connectivity index (χ1) is 18.3. The lowest BCUT2D eigenvalue weighted by Gasteiger charge is -2.23. The van der Waals surface area contributed by atoms with Gasteiger partial charge in [0.05, 0.1) is 19.4 Å². The molecule has 0 radical (unpaired) electrons. The van der Waals surface area contributed by atoms with Crippen LogP contribution in [0.5, 0.6) is 0 Å². The Labute approximate surface area is 227 Å². The third-order valence-corrected chi connectivity index (χ3v) is 7.58. The molecule has 7 heteroatoms. The van der Waals surface area contributed by atoms with Gasteiger partial charge in [-0.3, -0.25) is 9.69 Å². The summed E-state index contributed by atoms with van der Waals surface area (Å²) in [5.41, 5.74) is 5.65. The Kier molecular flexibility index (Phi) is 7.77. The van der Waals surface area contributed by atoms with Crippen molar-refractivity contribution < 1.29 is 9.21 Å². The van der Waals surface area contributed by atoms with Crippen LogP contribution in [-0.2, 0) is 31.5 Å². The summed E-state index contributed by atoms with van der Waals surface area (Å²) >= 11 is 1.53. The highest BCUT2D eigenvalue weighted by atomic mass is 32.1. The minimum Gasteiger partial charge on any atom is -0.467 e. The molecule has 0 unspecified atom stereocenters. The number of H-pyrrole nitrogens is 1. The molecule has 196 valence electrons. The van der Waals surface area contributed by atoms with Gasteiger partial charge in [-0.05, 0) is 46.7 Å². The fraction of sp³-hybridized carbons (Fsp3) is 0.290. The maximum Gasteiger partial charge on any atom is 0.271 e. The van der Waals surface area contributed by atoms with E-state index in [4.69, 9.17) is 4.42 Å². The number of para-hydroxylation sites is 1. The molecule has 0 saturated carbocycles. The summed E-state index contributed by atoms with van der Waals surface area (Å²) in [5, 5.41) is 6.92. The molecule has 2 N–H and O–H groups in total. The molecule has 0 spiro atoms. The van der Waals surface area contributed by atoms with Crippen LogP contribution in [0.2, 0.25) is 0 Å². The molecule has 38 heavy (non-hydrogen) atoms. The van der Waals surface area contributed by atoms with E-state index in [0.717, 1.165) is 35.8 Å². The molecule has 0 aliphatic heterocycles. The van der Waals surface area contributed by atoms with Crippen LogP contribution in [0, 0.1) is 0 Å². The first-order valence-electron chi connectivity index (χ1n) is 13.0. The van der Waals surface area contributed by atoms with Crippen LogP contribution in [0.25, 0.3) is 10.9 Å². The van der Waals surface area contributed by atoms with Gasteiger partial charge in [-0.1, -0.05) is 63.2 Å². The van der Waals surface area contributed by atoms with Crippen molar-refractivity contribution in [3.05, 3.63) is 112 Å². The number of benzene rings is 2. The smallest absolute Gasteiger partial charge is 0.271 e. The van der Waals surface area contributed by atoms with E-state index >= 15 is 0 Å². The highest BCUT2D eigenvalue weighted by Gasteiger charge is 2.17. The van der Waals surface area contributed by atoms with Gasteiger partial charge in [-0.25, -0.2) is 4.98 Å². The van der Waals surface area contributed by atoms with Crippen LogP contribution in [0.4, 0.5) is 0 Å². The molecule has 5 aromatic rings. The Hall–Kier alpha value is -3.68. The number of aromatic amines is 1. The van der Waals surface area contributed by atoms with E-state index in [1.165, 1.54) is 33.4 Å². The lowest BCUT2D eigenvalue weighted by Crippen LogP contribution is -2.26. The molecule has 1 amide bonds. The Morgan fingerprint density at radius 1 is 1.05 bits per heavy atom. The van der Waals surface area contributed by atoms with Gasteiger partial charge in [0, 0.05) is 35.6 Å². The Bertz CT molecular complexity index is 1480. The summed E-state index contributed by atoms with van der Waals surface area (Å²) in [7, 11) is 0. The Morgan fingerprint density at radius 2 is 1.87 bits per heavy atom.